The van der Waals surface area contributed by atoms with Crippen molar-refractivity contribution in [2.75, 3.05) is 26.2 Å². The highest BCUT2D eigenvalue weighted by molar-refractivity contribution is 5.75. The van der Waals surface area contributed by atoms with Crippen molar-refractivity contribution in [1.82, 2.24) is 4.90 Å². The number of nitrogens with zero attached hydrogens (tertiary/aromatic N) is 2. The van der Waals surface area contributed by atoms with E-state index >= 15 is 0 Å². The van der Waals surface area contributed by atoms with Crippen LogP contribution in [0, 0.1) is 29.1 Å². The number of carbonyl (C=O) groups excluding carboxylic acids is 1. The van der Waals surface area contributed by atoms with Gasteiger partial charge in [0, 0.05) is 12.5 Å². The predicted octanol–water partition coefficient (Wildman–Crippen LogP) is 1.03. The molecule has 0 amide bonds. The summed E-state index contributed by atoms with van der Waals surface area (Å²) >= 11 is 0. The maximum Gasteiger partial charge on any atom is 0.323 e. The molecule has 4 heteroatoms. The summed E-state index contributed by atoms with van der Waals surface area (Å²) in [6.07, 6.45) is 2.25. The molecule has 3 aliphatic rings. The molecule has 0 radical (unpaired) electrons. The average molecular weight is 222 g/mol. The number of carbonyl (C=O) groups is 1. The number of fused-ring (bicyclic) bond motifs is 3. The zero-order valence-corrected chi connectivity index (χ0v) is 9.69. The highest BCUT2D eigenvalue weighted by Gasteiger charge is 2.42. The van der Waals surface area contributed by atoms with E-state index in [1.54, 1.807) is 6.92 Å². The second-order valence-electron chi connectivity index (χ2n) is 4.66. The summed E-state index contributed by atoms with van der Waals surface area (Å²) in [4.78, 5) is 14.0. The normalized spacial score (nSPS) is 34.1. The van der Waals surface area contributed by atoms with Gasteiger partial charge in [-0.25, -0.2) is 0 Å². The molecule has 16 heavy (non-hydrogen) atoms. The van der Waals surface area contributed by atoms with Gasteiger partial charge in [0.1, 0.15) is 5.92 Å². The molecular formula is C12H18N2O2. The zero-order chi connectivity index (χ0) is 11.5. The van der Waals surface area contributed by atoms with Gasteiger partial charge in [0.25, 0.3) is 0 Å². The summed E-state index contributed by atoms with van der Waals surface area (Å²) in [6.45, 7) is 5.28. The van der Waals surface area contributed by atoms with Gasteiger partial charge in [-0.3, -0.25) is 4.79 Å². The van der Waals surface area contributed by atoms with Gasteiger partial charge >= 0.3 is 5.97 Å². The Bertz CT molecular complexity index is 303. The molecule has 0 aliphatic carbocycles. The van der Waals surface area contributed by atoms with E-state index in [0.29, 0.717) is 12.5 Å². The van der Waals surface area contributed by atoms with Crippen LogP contribution in [0.3, 0.4) is 0 Å². The first kappa shape index (κ1) is 11.4. The summed E-state index contributed by atoms with van der Waals surface area (Å²) in [6, 6.07) is 2.14. The Balaban J connectivity index is 2.05. The van der Waals surface area contributed by atoms with Crippen LogP contribution < -0.4 is 0 Å². The molecule has 2 bridgehead atoms. The van der Waals surface area contributed by atoms with Gasteiger partial charge in [-0.15, -0.1) is 0 Å². The van der Waals surface area contributed by atoms with E-state index < -0.39 is 5.92 Å². The predicted molar refractivity (Wildman–Crippen MR) is 58.4 cm³/mol. The van der Waals surface area contributed by atoms with Crippen LogP contribution in [0.15, 0.2) is 0 Å². The minimum Gasteiger partial charge on any atom is -0.465 e. The Morgan fingerprint density at radius 1 is 1.56 bits per heavy atom. The lowest BCUT2D eigenvalue weighted by Gasteiger charge is -2.45. The Kier molecular flexibility index (Phi) is 3.45. The Morgan fingerprint density at radius 2 is 2.25 bits per heavy atom. The molecule has 4 nitrogen and oxygen atoms in total. The van der Waals surface area contributed by atoms with Gasteiger partial charge in [-0.05, 0) is 38.8 Å². The number of rotatable bonds is 3. The van der Waals surface area contributed by atoms with Crippen molar-refractivity contribution in [3.63, 3.8) is 0 Å². The van der Waals surface area contributed by atoms with Crippen LogP contribution in [0.2, 0.25) is 0 Å². The molecule has 88 valence electrons. The highest BCUT2D eigenvalue weighted by atomic mass is 16.5. The largest absolute Gasteiger partial charge is 0.465 e. The van der Waals surface area contributed by atoms with E-state index in [0.717, 1.165) is 32.5 Å². The highest BCUT2D eigenvalue weighted by Crippen LogP contribution is 2.36. The van der Waals surface area contributed by atoms with Crippen molar-refractivity contribution in [2.24, 2.45) is 17.8 Å². The third kappa shape index (κ3) is 2.05. The van der Waals surface area contributed by atoms with Crippen molar-refractivity contribution < 1.29 is 9.53 Å². The molecule has 3 saturated heterocycles. The summed E-state index contributed by atoms with van der Waals surface area (Å²) in [7, 11) is 0. The Hall–Kier alpha value is -1.08. The molecule has 3 aliphatic heterocycles. The van der Waals surface area contributed by atoms with E-state index in [9.17, 15) is 4.79 Å². The lowest BCUT2D eigenvalue weighted by Crippen LogP contribution is -2.51. The smallest absolute Gasteiger partial charge is 0.323 e. The van der Waals surface area contributed by atoms with Gasteiger partial charge in [-0.2, -0.15) is 5.26 Å². The summed E-state index contributed by atoms with van der Waals surface area (Å²) in [5.41, 5.74) is 0. The first-order chi connectivity index (χ1) is 7.76. The zero-order valence-electron chi connectivity index (χ0n) is 9.69. The van der Waals surface area contributed by atoms with Crippen molar-refractivity contribution >= 4 is 5.97 Å². The summed E-state index contributed by atoms with van der Waals surface area (Å²) in [5, 5.41) is 9.13. The molecule has 0 aromatic heterocycles. The van der Waals surface area contributed by atoms with Crippen LogP contribution in [0.25, 0.3) is 0 Å². The number of piperidine rings is 3. The lowest BCUT2D eigenvalue weighted by molar-refractivity contribution is -0.150. The van der Waals surface area contributed by atoms with Crippen LogP contribution in [0.5, 0.6) is 0 Å². The van der Waals surface area contributed by atoms with Crippen molar-refractivity contribution in [3.8, 4) is 6.07 Å². The maximum absolute atomic E-state index is 11.7. The minimum absolute atomic E-state index is 0.187. The van der Waals surface area contributed by atoms with Crippen molar-refractivity contribution in [2.45, 2.75) is 19.8 Å². The number of ether oxygens (including phenoxy) is 1. The van der Waals surface area contributed by atoms with Gasteiger partial charge in [0.05, 0.1) is 12.7 Å². The van der Waals surface area contributed by atoms with Gasteiger partial charge in [0.2, 0.25) is 0 Å². The number of hydrogen-bond acceptors (Lipinski definition) is 4. The minimum atomic E-state index is -0.562. The summed E-state index contributed by atoms with van der Waals surface area (Å²) < 4.78 is 4.98. The van der Waals surface area contributed by atoms with Crippen LogP contribution in [0.1, 0.15) is 19.8 Å². The van der Waals surface area contributed by atoms with E-state index in [1.807, 2.05) is 0 Å². The van der Waals surface area contributed by atoms with E-state index in [1.165, 1.54) is 0 Å². The molecule has 0 spiro atoms. The fourth-order valence-corrected chi connectivity index (χ4v) is 2.94. The van der Waals surface area contributed by atoms with Gasteiger partial charge < -0.3 is 9.64 Å². The van der Waals surface area contributed by atoms with Gasteiger partial charge in [0.15, 0.2) is 0 Å². The monoisotopic (exact) mass is 222 g/mol. The lowest BCUT2D eigenvalue weighted by atomic mass is 9.73. The van der Waals surface area contributed by atoms with Crippen LogP contribution in [0.4, 0.5) is 0 Å². The molecule has 3 rings (SSSR count). The Morgan fingerprint density at radius 3 is 2.69 bits per heavy atom. The Labute approximate surface area is 96.2 Å². The number of nitriles is 1. The third-order valence-electron chi connectivity index (χ3n) is 3.81. The molecule has 0 aromatic rings. The first-order valence-electron chi connectivity index (χ1n) is 6.05. The fourth-order valence-electron chi connectivity index (χ4n) is 2.94. The standard InChI is InChI=1S/C12H18N2O2/c1-2-16-12(15)10(7-13)11-8-14-5-3-9(11)4-6-14/h9-11H,2-6,8H2,1H3. The van der Waals surface area contributed by atoms with E-state index in [2.05, 4.69) is 11.0 Å². The topological polar surface area (TPSA) is 53.3 Å². The average Bonchev–Trinajstić information content (AvgIpc) is 2.32. The number of hydrogen-bond donors (Lipinski definition) is 0. The molecule has 0 N–H and O–H groups in total. The second kappa shape index (κ2) is 4.84. The quantitative estimate of drug-likeness (QED) is 0.669. The molecule has 0 aromatic carbocycles. The molecule has 2 atom stereocenters. The number of esters is 1. The second-order valence-corrected chi connectivity index (χ2v) is 4.66. The molecule has 2 unspecified atom stereocenters. The molecule has 0 saturated carbocycles. The van der Waals surface area contributed by atoms with E-state index in [4.69, 9.17) is 10.00 Å². The van der Waals surface area contributed by atoms with Crippen LogP contribution in [-0.4, -0.2) is 37.1 Å². The first-order valence-corrected chi connectivity index (χ1v) is 6.05. The van der Waals surface area contributed by atoms with Crippen molar-refractivity contribution in [3.05, 3.63) is 0 Å². The third-order valence-corrected chi connectivity index (χ3v) is 3.81. The van der Waals surface area contributed by atoms with E-state index in [-0.39, 0.29) is 11.9 Å². The summed E-state index contributed by atoms with van der Waals surface area (Å²) in [5.74, 6) is -0.164. The molecule has 3 fully saturated rings. The van der Waals surface area contributed by atoms with Crippen molar-refractivity contribution in [1.29, 1.82) is 5.26 Å². The van der Waals surface area contributed by atoms with Gasteiger partial charge in [-0.1, -0.05) is 0 Å². The van der Waals surface area contributed by atoms with Crippen LogP contribution >= 0.6 is 0 Å². The molecule has 3 heterocycles. The maximum atomic E-state index is 11.7. The molecular weight excluding hydrogens is 204 g/mol. The fraction of sp³-hybridized carbons (Fsp3) is 0.833. The SMILES string of the molecule is CCOC(=O)C(C#N)C1CN2CCC1CC2. The van der Waals surface area contributed by atoms with Crippen LogP contribution in [-0.2, 0) is 9.53 Å².